The quantitative estimate of drug-likeness (QED) is 0.700. The molecule has 2 N–H and O–H groups in total. The first-order valence-electron chi connectivity index (χ1n) is 4.24. The molecule has 2 rings (SSSR count). The number of hydrogen-bond donors (Lipinski definition) is 1. The first-order valence-corrected chi connectivity index (χ1v) is 4.24. The van der Waals surface area contributed by atoms with E-state index in [9.17, 15) is 0 Å². The average Bonchev–Trinajstić information content (AvgIpc) is 2.63. The molecule has 1 heterocycles. The fourth-order valence-electron chi connectivity index (χ4n) is 1.44. The first-order chi connectivity index (χ1) is 5.63. The summed E-state index contributed by atoms with van der Waals surface area (Å²) in [5, 5.41) is 7.68. The van der Waals surface area contributed by atoms with Crippen molar-refractivity contribution in [3.05, 3.63) is 11.9 Å². The third kappa shape index (κ3) is 1.03. The molecule has 1 saturated carbocycles. The van der Waals surface area contributed by atoms with Gasteiger partial charge in [0.25, 0.3) is 0 Å². The summed E-state index contributed by atoms with van der Waals surface area (Å²) in [5.74, 6) is 0. The summed E-state index contributed by atoms with van der Waals surface area (Å²) in [6.45, 7) is 2.21. The van der Waals surface area contributed by atoms with Crippen LogP contribution in [-0.4, -0.2) is 15.0 Å². The van der Waals surface area contributed by atoms with Crippen molar-refractivity contribution in [1.82, 2.24) is 15.0 Å². The fraction of sp³-hybridized carbons (Fsp3) is 0.750. The zero-order valence-electron chi connectivity index (χ0n) is 7.49. The molecule has 1 aromatic heterocycles. The molecule has 1 fully saturated rings. The van der Waals surface area contributed by atoms with Gasteiger partial charge in [0.2, 0.25) is 0 Å². The highest BCUT2D eigenvalue weighted by Gasteiger charge is 2.44. The zero-order chi connectivity index (χ0) is 8.77. The van der Waals surface area contributed by atoms with Crippen molar-refractivity contribution in [3.8, 4) is 0 Å². The summed E-state index contributed by atoms with van der Waals surface area (Å²) in [4.78, 5) is 0. The van der Waals surface area contributed by atoms with Crippen molar-refractivity contribution in [1.29, 1.82) is 0 Å². The number of nitrogens with two attached hydrogens (primary N) is 1. The van der Waals surface area contributed by atoms with Crippen LogP contribution in [0, 0.1) is 5.41 Å². The zero-order valence-corrected chi connectivity index (χ0v) is 7.49. The van der Waals surface area contributed by atoms with Crippen LogP contribution < -0.4 is 5.73 Å². The van der Waals surface area contributed by atoms with Crippen LogP contribution in [-0.2, 0) is 7.05 Å². The van der Waals surface area contributed by atoms with E-state index in [1.54, 1.807) is 10.9 Å². The highest BCUT2D eigenvalue weighted by atomic mass is 15.4. The Balaban J connectivity index is 2.25. The molecule has 0 saturated heterocycles. The van der Waals surface area contributed by atoms with Gasteiger partial charge in [0, 0.05) is 7.05 Å². The lowest BCUT2D eigenvalue weighted by atomic mass is 9.97. The predicted molar refractivity (Wildman–Crippen MR) is 45.3 cm³/mol. The summed E-state index contributed by atoms with van der Waals surface area (Å²) in [6.07, 6.45) is 4.20. The molecular weight excluding hydrogens is 152 g/mol. The minimum Gasteiger partial charge on any atom is -0.322 e. The Bertz CT molecular complexity index is 287. The van der Waals surface area contributed by atoms with E-state index in [1.165, 1.54) is 12.8 Å². The SMILES string of the molecule is Cn1nncc1C(N)C1(C)CC1. The predicted octanol–water partition coefficient (Wildman–Crippen LogP) is 0.615. The molecule has 0 aliphatic heterocycles. The van der Waals surface area contributed by atoms with E-state index in [2.05, 4.69) is 17.2 Å². The van der Waals surface area contributed by atoms with Crippen molar-refractivity contribution < 1.29 is 0 Å². The molecule has 0 aromatic carbocycles. The molecule has 66 valence electrons. The Kier molecular flexibility index (Phi) is 1.48. The Labute approximate surface area is 71.8 Å². The number of aromatic nitrogens is 3. The number of hydrogen-bond acceptors (Lipinski definition) is 3. The molecule has 1 atom stereocenters. The van der Waals surface area contributed by atoms with Crippen LogP contribution in [0.15, 0.2) is 6.20 Å². The smallest absolute Gasteiger partial charge is 0.0756 e. The molecule has 12 heavy (non-hydrogen) atoms. The van der Waals surface area contributed by atoms with Gasteiger partial charge < -0.3 is 5.73 Å². The molecule has 0 amide bonds. The van der Waals surface area contributed by atoms with Gasteiger partial charge in [0.05, 0.1) is 17.9 Å². The van der Waals surface area contributed by atoms with E-state index in [-0.39, 0.29) is 6.04 Å². The van der Waals surface area contributed by atoms with E-state index >= 15 is 0 Å². The topological polar surface area (TPSA) is 56.7 Å². The highest BCUT2D eigenvalue weighted by molar-refractivity contribution is 5.11. The lowest BCUT2D eigenvalue weighted by molar-refractivity contribution is 0.425. The molecule has 4 heteroatoms. The van der Waals surface area contributed by atoms with Gasteiger partial charge in [0.1, 0.15) is 0 Å². The lowest BCUT2D eigenvalue weighted by Crippen LogP contribution is -2.22. The van der Waals surface area contributed by atoms with Crippen molar-refractivity contribution in [3.63, 3.8) is 0 Å². The number of aryl methyl sites for hydroxylation is 1. The van der Waals surface area contributed by atoms with Crippen molar-refractivity contribution in [2.24, 2.45) is 18.2 Å². The third-order valence-electron chi connectivity index (χ3n) is 2.86. The third-order valence-corrected chi connectivity index (χ3v) is 2.86. The van der Waals surface area contributed by atoms with Gasteiger partial charge >= 0.3 is 0 Å². The second-order valence-corrected chi connectivity index (χ2v) is 3.91. The highest BCUT2D eigenvalue weighted by Crippen LogP contribution is 2.52. The summed E-state index contributed by atoms with van der Waals surface area (Å²) in [7, 11) is 1.88. The molecular formula is C8H14N4. The van der Waals surface area contributed by atoms with Gasteiger partial charge in [-0.2, -0.15) is 0 Å². The van der Waals surface area contributed by atoms with Gasteiger partial charge in [0.15, 0.2) is 0 Å². The van der Waals surface area contributed by atoms with Crippen LogP contribution in [0.25, 0.3) is 0 Å². The molecule has 0 spiro atoms. The molecule has 1 aliphatic carbocycles. The Morgan fingerprint density at radius 3 is 2.75 bits per heavy atom. The number of nitrogens with zero attached hydrogens (tertiary/aromatic N) is 3. The normalized spacial score (nSPS) is 22.2. The summed E-state index contributed by atoms with van der Waals surface area (Å²) < 4.78 is 1.76. The van der Waals surface area contributed by atoms with Crippen molar-refractivity contribution >= 4 is 0 Å². The summed E-state index contributed by atoms with van der Waals surface area (Å²) in [5.41, 5.74) is 7.42. The maximum absolute atomic E-state index is 6.08. The number of rotatable bonds is 2. The van der Waals surface area contributed by atoms with Crippen LogP contribution in [0.3, 0.4) is 0 Å². The maximum Gasteiger partial charge on any atom is 0.0756 e. The Morgan fingerprint density at radius 1 is 1.67 bits per heavy atom. The van der Waals surface area contributed by atoms with Gasteiger partial charge in [-0.15, -0.1) is 5.10 Å². The van der Waals surface area contributed by atoms with E-state index in [1.807, 2.05) is 7.05 Å². The molecule has 1 unspecified atom stereocenters. The van der Waals surface area contributed by atoms with Gasteiger partial charge in [-0.3, -0.25) is 4.68 Å². The monoisotopic (exact) mass is 166 g/mol. The minimum absolute atomic E-state index is 0.0949. The van der Waals surface area contributed by atoms with Crippen molar-refractivity contribution in [2.45, 2.75) is 25.8 Å². The van der Waals surface area contributed by atoms with Gasteiger partial charge in [-0.05, 0) is 18.3 Å². The van der Waals surface area contributed by atoms with Crippen LogP contribution in [0.1, 0.15) is 31.5 Å². The van der Waals surface area contributed by atoms with Gasteiger partial charge in [-0.1, -0.05) is 12.1 Å². The Morgan fingerprint density at radius 2 is 2.33 bits per heavy atom. The minimum atomic E-state index is 0.0949. The summed E-state index contributed by atoms with van der Waals surface area (Å²) in [6, 6.07) is 0.0949. The largest absolute Gasteiger partial charge is 0.322 e. The van der Waals surface area contributed by atoms with Crippen LogP contribution in [0.2, 0.25) is 0 Å². The fourth-order valence-corrected chi connectivity index (χ4v) is 1.44. The van der Waals surface area contributed by atoms with E-state index in [0.717, 1.165) is 5.69 Å². The molecule has 1 aliphatic rings. The van der Waals surface area contributed by atoms with E-state index < -0.39 is 0 Å². The van der Waals surface area contributed by atoms with Crippen LogP contribution >= 0.6 is 0 Å². The Hall–Kier alpha value is -0.900. The first kappa shape index (κ1) is 7.73. The summed E-state index contributed by atoms with van der Waals surface area (Å²) >= 11 is 0. The molecule has 0 radical (unpaired) electrons. The lowest BCUT2D eigenvalue weighted by Gasteiger charge is -2.17. The average molecular weight is 166 g/mol. The molecule has 4 nitrogen and oxygen atoms in total. The van der Waals surface area contributed by atoms with Crippen LogP contribution in [0.5, 0.6) is 0 Å². The van der Waals surface area contributed by atoms with E-state index in [0.29, 0.717) is 5.41 Å². The second kappa shape index (κ2) is 2.29. The van der Waals surface area contributed by atoms with Gasteiger partial charge in [-0.25, -0.2) is 0 Å². The standard InChI is InChI=1S/C8H14N4/c1-8(3-4-8)7(9)6-5-10-11-12(6)2/h5,7H,3-4,9H2,1-2H3. The second-order valence-electron chi connectivity index (χ2n) is 3.91. The van der Waals surface area contributed by atoms with E-state index in [4.69, 9.17) is 5.73 Å². The molecule has 0 bridgehead atoms. The van der Waals surface area contributed by atoms with Crippen molar-refractivity contribution in [2.75, 3.05) is 0 Å². The molecule has 1 aromatic rings. The maximum atomic E-state index is 6.08. The van der Waals surface area contributed by atoms with Crippen LogP contribution in [0.4, 0.5) is 0 Å².